The Bertz CT molecular complexity index is 1510. The van der Waals surface area contributed by atoms with Crippen LogP contribution in [0.25, 0.3) is 0 Å². The summed E-state index contributed by atoms with van der Waals surface area (Å²) in [7, 11) is -0.163. The maximum Gasteiger partial charge on any atom is 0.306 e. The Morgan fingerprint density at radius 2 is 0.853 bits per heavy atom. The minimum Gasteiger partial charge on any atom is -0.461 e. The zero-order valence-electron chi connectivity index (χ0n) is 50.1. The number of carbonyl (C=O) groups excluding carboxylic acids is 2. The number of rotatable bonds is 51. The second-order valence-electron chi connectivity index (χ2n) is 23.2. The third-order valence-electron chi connectivity index (χ3n) is 15.3. The molecule has 2 aromatic carbocycles. The fraction of sp³-hybridized carbons (Fsp3) is 0.788. The highest BCUT2D eigenvalue weighted by atomic mass is 32.2. The molecule has 0 N–H and O–H groups in total. The molecule has 432 valence electrons. The largest absolute Gasteiger partial charge is 0.461 e. The molecule has 0 aliphatic carbocycles. The molecular formula is C66H117NO5S2Si. The van der Waals surface area contributed by atoms with Crippen LogP contribution in [0.5, 0.6) is 0 Å². The molecule has 9 heteroatoms. The predicted octanol–water partition coefficient (Wildman–Crippen LogP) is 18.5. The van der Waals surface area contributed by atoms with Crippen molar-refractivity contribution in [2.45, 2.75) is 290 Å². The summed E-state index contributed by atoms with van der Waals surface area (Å²) in [5.41, 5.74) is 0. The van der Waals surface area contributed by atoms with Crippen molar-refractivity contribution in [1.29, 1.82) is 0 Å². The summed E-state index contributed by atoms with van der Waals surface area (Å²) in [5, 5.41) is 2.69. The van der Waals surface area contributed by atoms with Gasteiger partial charge in [-0.05, 0) is 118 Å². The van der Waals surface area contributed by atoms with E-state index in [0.29, 0.717) is 18.9 Å². The van der Waals surface area contributed by atoms with E-state index in [1.165, 1.54) is 152 Å². The van der Waals surface area contributed by atoms with Crippen LogP contribution in [-0.4, -0.2) is 86.6 Å². The van der Waals surface area contributed by atoms with Gasteiger partial charge in [0.15, 0.2) is 0 Å². The molecule has 0 aliphatic rings. The smallest absolute Gasteiger partial charge is 0.306 e. The van der Waals surface area contributed by atoms with E-state index in [1.807, 2.05) is 23.5 Å². The van der Waals surface area contributed by atoms with E-state index in [9.17, 15) is 9.59 Å². The molecule has 2 unspecified atom stereocenters. The number of nitrogens with zero attached hydrogens (tertiary/aromatic N) is 1. The number of benzene rings is 2. The molecule has 0 bridgehead atoms. The number of ether oxygens (including phenoxy) is 2. The topological polar surface area (TPSA) is 65.1 Å². The first-order valence-electron chi connectivity index (χ1n) is 31.5. The van der Waals surface area contributed by atoms with Crippen LogP contribution in [0.1, 0.15) is 267 Å². The second-order valence-corrected chi connectivity index (χ2v) is 29.8. The number of thioether (sulfide) groups is 2. The lowest BCUT2D eigenvalue weighted by Crippen LogP contribution is -2.66. The van der Waals surface area contributed by atoms with E-state index in [0.717, 1.165) is 100 Å². The van der Waals surface area contributed by atoms with Gasteiger partial charge in [-0.3, -0.25) is 9.59 Å². The monoisotopic (exact) mass is 1100 g/mol. The van der Waals surface area contributed by atoms with Crippen molar-refractivity contribution in [2.75, 3.05) is 43.2 Å². The lowest BCUT2D eigenvalue weighted by Gasteiger charge is -2.43. The van der Waals surface area contributed by atoms with Gasteiger partial charge in [0.2, 0.25) is 0 Å². The molecule has 0 amide bonds. The van der Waals surface area contributed by atoms with Crippen LogP contribution in [-0.2, 0) is 23.5 Å². The SMILES string of the molecule is CCCCCCCCC(=O)OC(CCCCCC)CSCCCCCC(CCCCCSCC(CCCCCC)OC(=O)CCCCCCCC)N(C)CCCCO[Si](c1ccccc1)(c1ccccc1)C(C)(C)C. The third-order valence-corrected chi connectivity index (χ3v) is 22.8. The average molecular weight is 1100 g/mol. The van der Waals surface area contributed by atoms with Gasteiger partial charge in [0.25, 0.3) is 8.32 Å². The lowest BCUT2D eigenvalue weighted by atomic mass is 10.0. The van der Waals surface area contributed by atoms with E-state index in [4.69, 9.17) is 13.9 Å². The zero-order chi connectivity index (χ0) is 54.5. The summed E-state index contributed by atoms with van der Waals surface area (Å²) < 4.78 is 19.5. The third kappa shape index (κ3) is 32.8. The first-order valence-corrected chi connectivity index (χ1v) is 35.7. The van der Waals surface area contributed by atoms with Crippen LogP contribution in [0.4, 0.5) is 0 Å². The number of hydrogen-bond acceptors (Lipinski definition) is 8. The Balaban J connectivity index is 1.97. The number of hydrogen-bond donors (Lipinski definition) is 0. The highest BCUT2D eigenvalue weighted by Gasteiger charge is 2.50. The zero-order valence-corrected chi connectivity index (χ0v) is 52.7. The molecule has 6 nitrogen and oxygen atoms in total. The van der Waals surface area contributed by atoms with Crippen LogP contribution in [0, 0.1) is 0 Å². The van der Waals surface area contributed by atoms with E-state index >= 15 is 0 Å². The van der Waals surface area contributed by atoms with Gasteiger partial charge >= 0.3 is 11.9 Å². The number of unbranched alkanes of at least 4 members (excludes halogenated alkanes) is 21. The van der Waals surface area contributed by atoms with Crippen molar-refractivity contribution >= 4 is 54.2 Å². The molecule has 2 aromatic rings. The van der Waals surface area contributed by atoms with Gasteiger partial charge in [-0.2, -0.15) is 23.5 Å². The van der Waals surface area contributed by atoms with Gasteiger partial charge in [-0.1, -0.05) is 238 Å². The molecular weight excluding hydrogens is 979 g/mol. The number of carbonyl (C=O) groups is 2. The van der Waals surface area contributed by atoms with Crippen molar-refractivity contribution < 1.29 is 23.5 Å². The minimum atomic E-state index is -2.54. The molecule has 0 heterocycles. The average Bonchev–Trinajstić information content (AvgIpc) is 3.40. The van der Waals surface area contributed by atoms with Crippen molar-refractivity contribution in [3.05, 3.63) is 60.7 Å². The Kier molecular flexibility index (Phi) is 42.5. The van der Waals surface area contributed by atoms with Crippen molar-refractivity contribution in [1.82, 2.24) is 4.90 Å². The van der Waals surface area contributed by atoms with E-state index < -0.39 is 8.32 Å². The minimum absolute atomic E-state index is 0.0138. The molecule has 2 rings (SSSR count). The van der Waals surface area contributed by atoms with Crippen molar-refractivity contribution in [3.63, 3.8) is 0 Å². The van der Waals surface area contributed by atoms with Crippen molar-refractivity contribution in [3.8, 4) is 0 Å². The van der Waals surface area contributed by atoms with Gasteiger partial charge < -0.3 is 18.8 Å². The van der Waals surface area contributed by atoms with E-state index in [-0.39, 0.29) is 29.2 Å². The highest BCUT2D eigenvalue weighted by Crippen LogP contribution is 2.37. The molecule has 2 atom stereocenters. The van der Waals surface area contributed by atoms with Crippen LogP contribution in [0.2, 0.25) is 5.04 Å². The van der Waals surface area contributed by atoms with Gasteiger partial charge in [0.05, 0.1) is 0 Å². The van der Waals surface area contributed by atoms with Gasteiger partial charge in [0.1, 0.15) is 12.2 Å². The summed E-state index contributed by atoms with van der Waals surface area (Å²) in [5.74, 6) is 4.18. The van der Waals surface area contributed by atoms with Crippen LogP contribution >= 0.6 is 23.5 Å². The van der Waals surface area contributed by atoms with Crippen LogP contribution < -0.4 is 10.4 Å². The Hall–Kier alpha value is -1.78. The van der Waals surface area contributed by atoms with Crippen LogP contribution in [0.3, 0.4) is 0 Å². The highest BCUT2D eigenvalue weighted by molar-refractivity contribution is 7.99. The maximum atomic E-state index is 12.8. The summed E-state index contributed by atoms with van der Waals surface area (Å²) in [6.07, 6.45) is 39.5. The first kappa shape index (κ1) is 69.3. The molecule has 0 radical (unpaired) electrons. The van der Waals surface area contributed by atoms with Crippen LogP contribution in [0.15, 0.2) is 60.7 Å². The molecule has 0 fully saturated rings. The number of esters is 2. The summed E-state index contributed by atoms with van der Waals surface area (Å²) in [4.78, 5) is 28.4. The first-order chi connectivity index (χ1) is 36.5. The predicted molar refractivity (Wildman–Crippen MR) is 334 cm³/mol. The Morgan fingerprint density at radius 1 is 0.480 bits per heavy atom. The standard InChI is InChI=1S/C66H117NO5S2Si/c1-9-13-17-21-23-37-51-64(68)71-60(45-31-19-15-11-3)57-73-55-41-27-29-43-59(44-30-28-42-56-74-58-61(46-32-20-16-12-4)72-65(69)52-38-24-22-18-14-10-2)67(8)53-39-40-54-70-75(66(5,6)7,62-47-33-25-34-48-62)63-49-35-26-36-50-63/h25-26,33-36,47-50,59-61H,9-24,27-32,37-46,51-58H2,1-8H3. The molecule has 0 spiro atoms. The lowest BCUT2D eigenvalue weighted by molar-refractivity contribution is -0.149. The normalized spacial score (nSPS) is 13.3. The molecule has 0 aromatic heterocycles. The summed E-state index contributed by atoms with van der Waals surface area (Å²) in [6.45, 7) is 18.0. The summed E-state index contributed by atoms with van der Waals surface area (Å²) >= 11 is 4.00. The van der Waals surface area contributed by atoms with Crippen molar-refractivity contribution in [2.24, 2.45) is 0 Å². The second kappa shape index (κ2) is 46.0. The quantitative estimate of drug-likeness (QED) is 0.0369. The summed E-state index contributed by atoms with van der Waals surface area (Å²) in [6, 6.07) is 22.7. The molecule has 0 saturated carbocycles. The van der Waals surface area contributed by atoms with Gasteiger partial charge in [0, 0.05) is 37.0 Å². The van der Waals surface area contributed by atoms with Gasteiger partial charge in [-0.15, -0.1) is 0 Å². The Morgan fingerprint density at radius 3 is 1.27 bits per heavy atom. The van der Waals surface area contributed by atoms with E-state index in [2.05, 4.69) is 121 Å². The van der Waals surface area contributed by atoms with E-state index in [1.54, 1.807) is 0 Å². The molecule has 0 saturated heterocycles. The fourth-order valence-electron chi connectivity index (χ4n) is 10.7. The molecule has 75 heavy (non-hydrogen) atoms. The molecule has 0 aliphatic heterocycles. The fourth-order valence-corrected chi connectivity index (χ4v) is 17.5. The Labute approximate surface area is 473 Å². The van der Waals surface area contributed by atoms with Gasteiger partial charge in [-0.25, -0.2) is 0 Å². The maximum absolute atomic E-state index is 12.8.